The second-order valence-corrected chi connectivity index (χ2v) is 8.21. The molecule has 0 spiro atoms. The number of H-pyrrole nitrogens is 1. The lowest BCUT2D eigenvalue weighted by Crippen LogP contribution is -2.41. The first-order chi connectivity index (χ1) is 16.0. The number of hydrogen-bond acceptors (Lipinski definition) is 4. The van der Waals surface area contributed by atoms with E-state index in [0.29, 0.717) is 30.4 Å². The number of nitrogens with one attached hydrogen (secondary N) is 2. The third-order valence-corrected chi connectivity index (χ3v) is 5.79. The summed E-state index contributed by atoms with van der Waals surface area (Å²) in [7, 11) is 0. The molecule has 0 aliphatic heterocycles. The highest BCUT2D eigenvalue weighted by Crippen LogP contribution is 2.20. The second kappa shape index (κ2) is 10.4. The molecule has 4 rings (SSSR count). The zero-order chi connectivity index (χ0) is 23.2. The monoisotopic (exact) mass is 461 g/mol. The van der Waals surface area contributed by atoms with E-state index in [2.05, 4.69) is 29.4 Å². The zero-order valence-electron chi connectivity index (χ0n) is 18.7. The van der Waals surface area contributed by atoms with Gasteiger partial charge in [0.1, 0.15) is 11.5 Å². The number of fused-ring (bicyclic) bond motifs is 1. The molecule has 1 atom stereocenters. The highest BCUT2D eigenvalue weighted by Gasteiger charge is 2.17. The molecule has 0 saturated heterocycles. The van der Waals surface area contributed by atoms with E-state index in [0.717, 1.165) is 28.0 Å². The van der Waals surface area contributed by atoms with Crippen LogP contribution < -0.4 is 15.6 Å². The molecule has 0 saturated carbocycles. The summed E-state index contributed by atoms with van der Waals surface area (Å²) in [4.78, 5) is 17.8. The molecule has 7 heteroatoms. The topological polar surface area (TPSA) is 70.5 Å². The van der Waals surface area contributed by atoms with Crippen molar-refractivity contribution < 1.29 is 9.15 Å². The summed E-state index contributed by atoms with van der Waals surface area (Å²) < 4.78 is 11.2. The van der Waals surface area contributed by atoms with Gasteiger partial charge in [0.05, 0.1) is 32.0 Å². The van der Waals surface area contributed by atoms with E-state index in [1.807, 2.05) is 66.4 Å². The molecule has 0 aliphatic rings. The lowest BCUT2D eigenvalue weighted by molar-refractivity contribution is 0.340. The predicted molar refractivity (Wildman–Crippen MR) is 134 cm³/mol. The van der Waals surface area contributed by atoms with Crippen LogP contribution in [0.25, 0.3) is 10.9 Å². The number of thiocarbonyl (C=S) groups is 1. The molecule has 2 aromatic carbocycles. The van der Waals surface area contributed by atoms with Gasteiger partial charge in [-0.1, -0.05) is 30.3 Å². The Kier molecular flexibility index (Phi) is 7.10. The number of rotatable bonds is 8. The van der Waals surface area contributed by atoms with Crippen molar-refractivity contribution in [1.29, 1.82) is 0 Å². The third-order valence-electron chi connectivity index (χ3n) is 5.42. The molecular formula is C26H27N3O3S. The van der Waals surface area contributed by atoms with Gasteiger partial charge in [0, 0.05) is 16.5 Å². The van der Waals surface area contributed by atoms with Crippen molar-refractivity contribution in [2.75, 3.05) is 6.61 Å². The van der Waals surface area contributed by atoms with Crippen LogP contribution in [0.5, 0.6) is 5.75 Å². The van der Waals surface area contributed by atoms with E-state index in [4.69, 9.17) is 21.4 Å². The van der Waals surface area contributed by atoms with Gasteiger partial charge in [-0.2, -0.15) is 0 Å². The van der Waals surface area contributed by atoms with Crippen molar-refractivity contribution in [1.82, 2.24) is 15.2 Å². The Hall–Kier alpha value is -3.58. The first kappa shape index (κ1) is 22.6. The molecule has 4 aromatic rings. The van der Waals surface area contributed by atoms with Gasteiger partial charge in [0.15, 0.2) is 5.11 Å². The van der Waals surface area contributed by atoms with Crippen molar-refractivity contribution in [3.05, 3.63) is 100 Å². The Morgan fingerprint density at radius 1 is 1.12 bits per heavy atom. The first-order valence-corrected chi connectivity index (χ1v) is 11.4. The highest BCUT2D eigenvalue weighted by atomic mass is 32.1. The van der Waals surface area contributed by atoms with Crippen molar-refractivity contribution >= 4 is 28.2 Å². The van der Waals surface area contributed by atoms with Gasteiger partial charge in [0.2, 0.25) is 0 Å². The number of hydrogen-bond donors (Lipinski definition) is 2. The summed E-state index contributed by atoms with van der Waals surface area (Å²) >= 11 is 5.76. The molecule has 0 amide bonds. The van der Waals surface area contributed by atoms with E-state index in [1.165, 1.54) is 0 Å². The van der Waals surface area contributed by atoms with E-state index in [1.54, 1.807) is 6.26 Å². The average Bonchev–Trinajstić information content (AvgIpc) is 3.33. The highest BCUT2D eigenvalue weighted by molar-refractivity contribution is 7.80. The second-order valence-electron chi connectivity index (χ2n) is 7.82. The maximum absolute atomic E-state index is 12.8. The van der Waals surface area contributed by atoms with Gasteiger partial charge in [-0.15, -0.1) is 0 Å². The van der Waals surface area contributed by atoms with Gasteiger partial charge >= 0.3 is 0 Å². The SMILES string of the molecule is CCOc1ccc2[nH]c(=O)c(CN(Cc3ccco3)C(=S)N[C@@H](C)c3ccccc3)cc2c1. The Morgan fingerprint density at radius 2 is 1.94 bits per heavy atom. The van der Waals surface area contributed by atoms with Gasteiger partial charge in [-0.25, -0.2) is 0 Å². The summed E-state index contributed by atoms with van der Waals surface area (Å²) in [6.07, 6.45) is 1.63. The van der Waals surface area contributed by atoms with E-state index in [-0.39, 0.29) is 11.6 Å². The normalized spacial score (nSPS) is 11.8. The molecule has 2 heterocycles. The summed E-state index contributed by atoms with van der Waals surface area (Å²) in [5.41, 5.74) is 2.36. The van der Waals surface area contributed by atoms with Crippen LogP contribution in [-0.2, 0) is 13.1 Å². The Morgan fingerprint density at radius 3 is 2.67 bits per heavy atom. The fourth-order valence-electron chi connectivity index (χ4n) is 3.70. The van der Waals surface area contributed by atoms with Crippen LogP contribution >= 0.6 is 12.2 Å². The number of benzene rings is 2. The lowest BCUT2D eigenvalue weighted by Gasteiger charge is -2.27. The van der Waals surface area contributed by atoms with Gasteiger partial charge in [-0.3, -0.25) is 4.79 Å². The van der Waals surface area contributed by atoms with Crippen molar-refractivity contribution in [3.8, 4) is 5.75 Å². The molecule has 0 radical (unpaired) electrons. The molecule has 33 heavy (non-hydrogen) atoms. The van der Waals surface area contributed by atoms with E-state index >= 15 is 0 Å². The Bertz CT molecular complexity index is 1270. The smallest absolute Gasteiger partial charge is 0.253 e. The van der Waals surface area contributed by atoms with Crippen LogP contribution in [-0.4, -0.2) is 21.6 Å². The zero-order valence-corrected chi connectivity index (χ0v) is 19.5. The average molecular weight is 462 g/mol. The fourth-order valence-corrected chi connectivity index (χ4v) is 4.01. The van der Waals surface area contributed by atoms with Gasteiger partial charge in [0.25, 0.3) is 5.56 Å². The number of furan rings is 1. The van der Waals surface area contributed by atoms with Crippen LogP contribution in [0.3, 0.4) is 0 Å². The molecule has 0 aliphatic carbocycles. The van der Waals surface area contributed by atoms with Crippen LogP contribution in [0.15, 0.2) is 82.2 Å². The number of aromatic amines is 1. The minimum atomic E-state index is -0.144. The summed E-state index contributed by atoms with van der Waals surface area (Å²) in [6, 6.07) is 21.4. The maximum atomic E-state index is 12.8. The van der Waals surface area contributed by atoms with E-state index in [9.17, 15) is 4.79 Å². The molecule has 2 aromatic heterocycles. The number of pyridine rings is 1. The van der Waals surface area contributed by atoms with Gasteiger partial charge in [-0.05, 0) is 68.0 Å². The van der Waals surface area contributed by atoms with Crippen molar-refractivity contribution in [2.24, 2.45) is 0 Å². The minimum absolute atomic E-state index is 0.0152. The Labute approximate surface area is 198 Å². The molecule has 170 valence electrons. The molecule has 0 bridgehead atoms. The number of aromatic nitrogens is 1. The molecule has 2 N–H and O–H groups in total. The molecule has 0 fully saturated rings. The lowest BCUT2D eigenvalue weighted by atomic mass is 10.1. The quantitative estimate of drug-likeness (QED) is 0.353. The first-order valence-electron chi connectivity index (χ1n) is 10.9. The summed E-state index contributed by atoms with van der Waals surface area (Å²) in [5.74, 6) is 1.53. The summed E-state index contributed by atoms with van der Waals surface area (Å²) in [6.45, 7) is 5.36. The van der Waals surface area contributed by atoms with Crippen LogP contribution in [0.4, 0.5) is 0 Å². The fraction of sp³-hybridized carbons (Fsp3) is 0.231. The largest absolute Gasteiger partial charge is 0.494 e. The van der Waals surface area contributed by atoms with E-state index < -0.39 is 0 Å². The third kappa shape index (κ3) is 5.62. The van der Waals surface area contributed by atoms with Crippen LogP contribution in [0, 0.1) is 0 Å². The van der Waals surface area contributed by atoms with Crippen molar-refractivity contribution in [2.45, 2.75) is 33.0 Å². The van der Waals surface area contributed by atoms with Crippen molar-refractivity contribution in [3.63, 3.8) is 0 Å². The van der Waals surface area contributed by atoms with Gasteiger partial charge < -0.3 is 24.4 Å². The van der Waals surface area contributed by atoms with Crippen LogP contribution in [0.1, 0.15) is 36.8 Å². The molecule has 0 unspecified atom stereocenters. The maximum Gasteiger partial charge on any atom is 0.253 e. The standard InChI is InChI=1S/C26H27N3O3S/c1-3-31-22-11-12-24-20(15-22)14-21(25(30)28-24)16-29(17-23-10-7-13-32-23)26(33)27-18(2)19-8-5-4-6-9-19/h4-15,18H,3,16-17H2,1-2H3,(H,27,33)(H,28,30)/t18-/m0/s1. The Balaban J connectivity index is 1.60. The minimum Gasteiger partial charge on any atom is -0.494 e. The van der Waals surface area contributed by atoms with Crippen LogP contribution in [0.2, 0.25) is 0 Å². The molecule has 6 nitrogen and oxygen atoms in total. The molecular weight excluding hydrogens is 434 g/mol. The predicted octanol–water partition coefficient (Wildman–Crippen LogP) is 5.16. The summed E-state index contributed by atoms with van der Waals surface area (Å²) in [5, 5.41) is 4.85. The number of nitrogens with zero attached hydrogens (tertiary/aromatic N) is 1. The number of ether oxygens (including phenoxy) is 1.